The van der Waals surface area contributed by atoms with Gasteiger partial charge in [-0.05, 0) is 62.4 Å². The SMILES string of the molecule is Cc1cc2nc(CN3CCCC(C)C3)[nH]c2cc1C. The molecule has 1 saturated heterocycles. The van der Waals surface area contributed by atoms with Gasteiger partial charge < -0.3 is 4.98 Å². The van der Waals surface area contributed by atoms with Crippen LogP contribution in [0.15, 0.2) is 12.1 Å². The van der Waals surface area contributed by atoms with Crippen molar-refractivity contribution in [2.24, 2.45) is 5.92 Å². The summed E-state index contributed by atoms with van der Waals surface area (Å²) in [6, 6.07) is 4.39. The lowest BCUT2D eigenvalue weighted by Gasteiger charge is -2.29. The number of fused-ring (bicyclic) bond motifs is 1. The molecular formula is C16H23N3. The van der Waals surface area contributed by atoms with Crippen molar-refractivity contribution in [2.75, 3.05) is 13.1 Å². The molecule has 3 heteroatoms. The molecule has 2 heterocycles. The van der Waals surface area contributed by atoms with Crippen molar-refractivity contribution >= 4 is 11.0 Å². The molecule has 0 aliphatic carbocycles. The van der Waals surface area contributed by atoms with E-state index in [1.807, 2.05) is 0 Å². The van der Waals surface area contributed by atoms with Gasteiger partial charge in [0.15, 0.2) is 0 Å². The zero-order chi connectivity index (χ0) is 13.4. The number of aromatic amines is 1. The van der Waals surface area contributed by atoms with Gasteiger partial charge in [0.1, 0.15) is 5.82 Å². The highest BCUT2D eigenvalue weighted by Gasteiger charge is 2.17. The van der Waals surface area contributed by atoms with Crippen LogP contribution in [-0.4, -0.2) is 28.0 Å². The predicted octanol–water partition coefficient (Wildman–Crippen LogP) is 3.41. The number of rotatable bonds is 2. The van der Waals surface area contributed by atoms with Crippen LogP contribution in [0.1, 0.15) is 36.7 Å². The molecule has 0 spiro atoms. The Morgan fingerprint density at radius 3 is 2.89 bits per heavy atom. The molecule has 2 aromatic rings. The van der Waals surface area contributed by atoms with Gasteiger partial charge in [-0.25, -0.2) is 4.98 Å². The summed E-state index contributed by atoms with van der Waals surface area (Å²) >= 11 is 0. The first-order valence-electron chi connectivity index (χ1n) is 7.30. The highest BCUT2D eigenvalue weighted by Crippen LogP contribution is 2.20. The number of aryl methyl sites for hydroxylation is 2. The highest BCUT2D eigenvalue weighted by atomic mass is 15.2. The average Bonchev–Trinajstić information content (AvgIpc) is 2.71. The molecule has 1 N–H and O–H groups in total. The number of imidazole rings is 1. The summed E-state index contributed by atoms with van der Waals surface area (Å²) in [5.41, 5.74) is 4.91. The van der Waals surface area contributed by atoms with Gasteiger partial charge in [-0.1, -0.05) is 6.92 Å². The minimum Gasteiger partial charge on any atom is -0.341 e. The van der Waals surface area contributed by atoms with Gasteiger partial charge in [0.25, 0.3) is 0 Å². The Bertz CT molecular complexity index is 546. The van der Waals surface area contributed by atoms with Crippen molar-refractivity contribution in [3.63, 3.8) is 0 Å². The zero-order valence-corrected chi connectivity index (χ0v) is 12.2. The molecule has 0 amide bonds. The Morgan fingerprint density at radius 2 is 2.11 bits per heavy atom. The zero-order valence-electron chi connectivity index (χ0n) is 12.2. The molecule has 0 bridgehead atoms. The van der Waals surface area contributed by atoms with Crippen LogP contribution in [0.25, 0.3) is 11.0 Å². The van der Waals surface area contributed by atoms with E-state index in [0.29, 0.717) is 0 Å². The normalized spacial score (nSPS) is 21.1. The molecular weight excluding hydrogens is 234 g/mol. The summed E-state index contributed by atoms with van der Waals surface area (Å²) in [7, 11) is 0. The number of benzene rings is 1. The summed E-state index contributed by atoms with van der Waals surface area (Å²) in [6.07, 6.45) is 2.69. The largest absolute Gasteiger partial charge is 0.341 e. The lowest BCUT2D eigenvalue weighted by Crippen LogP contribution is -2.34. The molecule has 1 unspecified atom stereocenters. The van der Waals surface area contributed by atoms with E-state index < -0.39 is 0 Å². The van der Waals surface area contributed by atoms with Crippen LogP contribution in [0.5, 0.6) is 0 Å². The van der Waals surface area contributed by atoms with Crippen LogP contribution in [0.2, 0.25) is 0 Å². The molecule has 0 saturated carbocycles. The standard InChI is InChI=1S/C16H23N3/c1-11-5-4-6-19(9-11)10-16-17-14-7-12(2)13(3)8-15(14)18-16/h7-8,11H,4-6,9-10H2,1-3H3,(H,17,18). The maximum atomic E-state index is 4.74. The Labute approximate surface area is 115 Å². The van der Waals surface area contributed by atoms with Gasteiger partial charge in [-0.3, -0.25) is 4.90 Å². The first-order valence-corrected chi connectivity index (χ1v) is 7.30. The summed E-state index contributed by atoms with van der Waals surface area (Å²) in [5, 5.41) is 0. The molecule has 1 aromatic heterocycles. The van der Waals surface area contributed by atoms with Crippen molar-refractivity contribution in [2.45, 2.75) is 40.2 Å². The predicted molar refractivity (Wildman–Crippen MR) is 79.2 cm³/mol. The van der Waals surface area contributed by atoms with Crippen molar-refractivity contribution in [1.29, 1.82) is 0 Å². The number of piperidine rings is 1. The van der Waals surface area contributed by atoms with Crippen LogP contribution in [-0.2, 0) is 6.54 Å². The van der Waals surface area contributed by atoms with E-state index >= 15 is 0 Å². The van der Waals surface area contributed by atoms with Crippen LogP contribution in [0.4, 0.5) is 0 Å². The third kappa shape index (κ3) is 2.66. The van der Waals surface area contributed by atoms with Gasteiger partial charge in [0, 0.05) is 6.54 Å². The summed E-state index contributed by atoms with van der Waals surface area (Å²) < 4.78 is 0. The maximum Gasteiger partial charge on any atom is 0.121 e. The number of hydrogen-bond acceptors (Lipinski definition) is 2. The van der Waals surface area contributed by atoms with Crippen molar-refractivity contribution < 1.29 is 0 Å². The Hall–Kier alpha value is -1.35. The maximum absolute atomic E-state index is 4.74. The fourth-order valence-electron chi connectivity index (χ4n) is 3.04. The van der Waals surface area contributed by atoms with Gasteiger partial charge in [-0.15, -0.1) is 0 Å². The van der Waals surface area contributed by atoms with Crippen molar-refractivity contribution in [1.82, 2.24) is 14.9 Å². The molecule has 3 nitrogen and oxygen atoms in total. The second-order valence-electron chi connectivity index (χ2n) is 6.12. The smallest absolute Gasteiger partial charge is 0.121 e. The number of H-pyrrole nitrogens is 1. The number of nitrogens with zero attached hydrogens (tertiary/aromatic N) is 2. The Morgan fingerprint density at radius 1 is 1.32 bits per heavy atom. The fourth-order valence-corrected chi connectivity index (χ4v) is 3.04. The van der Waals surface area contributed by atoms with Crippen LogP contribution >= 0.6 is 0 Å². The lowest BCUT2D eigenvalue weighted by atomic mass is 10.0. The molecule has 1 atom stereocenters. The third-order valence-electron chi connectivity index (χ3n) is 4.26. The van der Waals surface area contributed by atoms with Crippen molar-refractivity contribution in [3.8, 4) is 0 Å². The Balaban J connectivity index is 1.81. The van der Waals surface area contributed by atoms with Crippen LogP contribution in [0.3, 0.4) is 0 Å². The minimum absolute atomic E-state index is 0.822. The lowest BCUT2D eigenvalue weighted by molar-refractivity contribution is 0.173. The van der Waals surface area contributed by atoms with Crippen LogP contribution in [0, 0.1) is 19.8 Å². The molecule has 19 heavy (non-hydrogen) atoms. The molecule has 1 fully saturated rings. The van der Waals surface area contributed by atoms with Gasteiger partial charge in [-0.2, -0.15) is 0 Å². The highest BCUT2D eigenvalue weighted by molar-refractivity contribution is 5.77. The summed E-state index contributed by atoms with van der Waals surface area (Å²) in [6.45, 7) is 10.0. The third-order valence-corrected chi connectivity index (χ3v) is 4.26. The van der Waals surface area contributed by atoms with E-state index in [1.165, 1.54) is 42.6 Å². The van der Waals surface area contributed by atoms with E-state index in [-0.39, 0.29) is 0 Å². The van der Waals surface area contributed by atoms with Gasteiger partial charge >= 0.3 is 0 Å². The molecule has 0 radical (unpaired) electrons. The Kier molecular flexibility index (Phi) is 3.31. The second-order valence-corrected chi connectivity index (χ2v) is 6.12. The first kappa shape index (κ1) is 12.7. The second kappa shape index (κ2) is 4.97. The molecule has 102 valence electrons. The molecule has 1 aromatic carbocycles. The summed E-state index contributed by atoms with van der Waals surface area (Å²) in [4.78, 5) is 10.7. The number of nitrogens with one attached hydrogen (secondary N) is 1. The topological polar surface area (TPSA) is 31.9 Å². The molecule has 1 aliphatic rings. The fraction of sp³-hybridized carbons (Fsp3) is 0.562. The van der Waals surface area contributed by atoms with E-state index in [4.69, 9.17) is 4.98 Å². The minimum atomic E-state index is 0.822. The number of likely N-dealkylation sites (tertiary alicyclic amines) is 1. The average molecular weight is 257 g/mol. The van der Waals surface area contributed by atoms with Crippen molar-refractivity contribution in [3.05, 3.63) is 29.1 Å². The monoisotopic (exact) mass is 257 g/mol. The summed E-state index contributed by atoms with van der Waals surface area (Å²) in [5.74, 6) is 1.93. The van der Waals surface area contributed by atoms with E-state index in [0.717, 1.165) is 23.8 Å². The van der Waals surface area contributed by atoms with E-state index in [1.54, 1.807) is 0 Å². The number of hydrogen-bond donors (Lipinski definition) is 1. The van der Waals surface area contributed by atoms with E-state index in [2.05, 4.69) is 42.8 Å². The van der Waals surface area contributed by atoms with Gasteiger partial charge in [0.2, 0.25) is 0 Å². The molecule has 1 aliphatic heterocycles. The van der Waals surface area contributed by atoms with Crippen LogP contribution < -0.4 is 0 Å². The quantitative estimate of drug-likeness (QED) is 0.894. The molecule has 3 rings (SSSR count). The van der Waals surface area contributed by atoms with E-state index in [9.17, 15) is 0 Å². The first-order chi connectivity index (χ1) is 9.11. The van der Waals surface area contributed by atoms with Gasteiger partial charge in [0.05, 0.1) is 17.6 Å². The number of aromatic nitrogens is 2.